The van der Waals surface area contributed by atoms with Gasteiger partial charge in [-0.2, -0.15) is 8.78 Å². The van der Waals surface area contributed by atoms with Crippen LogP contribution in [0, 0.1) is 6.92 Å². The Balaban J connectivity index is 1.95. The summed E-state index contributed by atoms with van der Waals surface area (Å²) in [5.74, 6) is 0.900. The Morgan fingerprint density at radius 2 is 2.07 bits per heavy atom. The number of hydrogen-bond donors (Lipinski definition) is 2. The van der Waals surface area contributed by atoms with Crippen LogP contribution in [-0.2, 0) is 19.4 Å². The molecule has 0 aliphatic heterocycles. The summed E-state index contributed by atoms with van der Waals surface area (Å²) >= 11 is 1.71. The highest BCUT2D eigenvalue weighted by molar-refractivity contribution is 7.11. The van der Waals surface area contributed by atoms with Crippen molar-refractivity contribution in [2.75, 3.05) is 20.2 Å². The number of hydrogen-bond acceptors (Lipinski definition) is 5. The third kappa shape index (κ3) is 6.85. The van der Waals surface area contributed by atoms with Gasteiger partial charge in [0.05, 0.1) is 17.3 Å². The van der Waals surface area contributed by atoms with Gasteiger partial charge in [0, 0.05) is 37.0 Å². The van der Waals surface area contributed by atoms with E-state index in [4.69, 9.17) is 9.47 Å². The molecule has 0 atom stereocenters. The first-order valence-corrected chi connectivity index (χ1v) is 10.4. The van der Waals surface area contributed by atoms with Crippen molar-refractivity contribution < 1.29 is 18.3 Å². The maximum absolute atomic E-state index is 12.8. The van der Waals surface area contributed by atoms with E-state index >= 15 is 0 Å². The number of aryl methyl sites for hydroxylation is 2. The van der Waals surface area contributed by atoms with Crippen LogP contribution in [0.2, 0.25) is 0 Å². The van der Waals surface area contributed by atoms with Crippen molar-refractivity contribution in [2.24, 2.45) is 4.99 Å². The number of guanidine groups is 1. The van der Waals surface area contributed by atoms with E-state index < -0.39 is 6.61 Å². The number of para-hydroxylation sites is 1. The monoisotopic (exact) mass is 426 g/mol. The molecule has 0 unspecified atom stereocenters. The Labute approximate surface area is 174 Å². The van der Waals surface area contributed by atoms with Gasteiger partial charge in [-0.3, -0.25) is 4.99 Å². The fraction of sp³-hybridized carbons (Fsp3) is 0.500. The summed E-state index contributed by atoms with van der Waals surface area (Å²) < 4.78 is 35.8. The third-order valence-corrected chi connectivity index (χ3v) is 5.21. The number of benzene rings is 1. The van der Waals surface area contributed by atoms with Crippen LogP contribution in [0.3, 0.4) is 0 Å². The largest absolute Gasteiger partial charge is 0.490 e. The lowest BCUT2D eigenvalue weighted by Crippen LogP contribution is -2.38. The average molecular weight is 427 g/mol. The molecule has 0 bridgehead atoms. The second kappa shape index (κ2) is 11.5. The first-order valence-electron chi connectivity index (χ1n) is 9.57. The van der Waals surface area contributed by atoms with Crippen LogP contribution in [0.15, 0.2) is 23.2 Å². The number of thiazole rings is 1. The fourth-order valence-corrected chi connectivity index (χ4v) is 3.82. The van der Waals surface area contributed by atoms with E-state index in [1.165, 1.54) is 4.88 Å². The van der Waals surface area contributed by atoms with E-state index in [0.717, 1.165) is 23.5 Å². The number of rotatable bonds is 10. The number of aromatic nitrogens is 1. The molecule has 6 nitrogen and oxygen atoms in total. The number of alkyl halides is 2. The van der Waals surface area contributed by atoms with E-state index in [-0.39, 0.29) is 12.3 Å². The Hall–Kier alpha value is -2.42. The number of nitrogens with zero attached hydrogens (tertiary/aromatic N) is 2. The molecule has 0 aliphatic carbocycles. The molecule has 2 aromatic rings. The smallest absolute Gasteiger partial charge is 0.387 e. The Bertz CT molecular complexity index is 812. The van der Waals surface area contributed by atoms with Gasteiger partial charge in [0.15, 0.2) is 17.5 Å². The van der Waals surface area contributed by atoms with Crippen LogP contribution in [-0.4, -0.2) is 37.8 Å². The lowest BCUT2D eigenvalue weighted by atomic mass is 10.2. The van der Waals surface area contributed by atoms with Crippen molar-refractivity contribution >= 4 is 17.3 Å². The van der Waals surface area contributed by atoms with E-state index in [1.807, 2.05) is 0 Å². The molecule has 160 valence electrons. The highest BCUT2D eigenvalue weighted by Crippen LogP contribution is 2.32. The number of ether oxygens (including phenoxy) is 2. The molecule has 0 fully saturated rings. The minimum atomic E-state index is -2.93. The first kappa shape index (κ1) is 22.9. The van der Waals surface area contributed by atoms with Crippen molar-refractivity contribution in [3.05, 3.63) is 39.3 Å². The molecule has 2 N–H and O–H groups in total. The zero-order chi connectivity index (χ0) is 21.2. The molecule has 0 spiro atoms. The number of aliphatic imine (C=N–C) groups is 1. The standard InChI is InChI=1S/C20H28F2N4O2S/c1-5-15-13(3)29-17(26-15)10-11-24-20(23-4)25-12-14-8-7-9-16(27-6-2)18(14)28-19(21)22/h7-9,19H,5-6,10-12H2,1-4H3,(H2,23,24,25). The van der Waals surface area contributed by atoms with Crippen LogP contribution in [0.25, 0.3) is 0 Å². The van der Waals surface area contributed by atoms with Crippen molar-refractivity contribution in [2.45, 2.75) is 46.8 Å². The summed E-state index contributed by atoms with van der Waals surface area (Å²) in [4.78, 5) is 10.1. The molecular formula is C20H28F2N4O2S. The van der Waals surface area contributed by atoms with Crippen molar-refractivity contribution in [3.63, 3.8) is 0 Å². The quantitative estimate of drug-likeness (QED) is 0.445. The molecule has 0 radical (unpaired) electrons. The van der Waals surface area contributed by atoms with Crippen molar-refractivity contribution in [1.29, 1.82) is 0 Å². The highest BCUT2D eigenvalue weighted by atomic mass is 32.1. The minimum Gasteiger partial charge on any atom is -0.490 e. The molecule has 0 aliphatic rings. The minimum absolute atomic E-state index is 0.0395. The van der Waals surface area contributed by atoms with Crippen molar-refractivity contribution in [3.8, 4) is 11.5 Å². The molecule has 9 heteroatoms. The predicted molar refractivity (Wildman–Crippen MR) is 112 cm³/mol. The molecule has 2 rings (SSSR count). The van der Waals surface area contributed by atoms with E-state index in [0.29, 0.717) is 30.4 Å². The van der Waals surface area contributed by atoms with E-state index in [9.17, 15) is 8.78 Å². The lowest BCUT2D eigenvalue weighted by molar-refractivity contribution is -0.0520. The summed E-state index contributed by atoms with van der Waals surface area (Å²) in [7, 11) is 1.66. The topological polar surface area (TPSA) is 67.8 Å². The zero-order valence-corrected chi connectivity index (χ0v) is 18.0. The van der Waals surface area contributed by atoms with Gasteiger partial charge in [0.1, 0.15) is 0 Å². The molecule has 1 aromatic carbocycles. The normalized spacial score (nSPS) is 11.6. The molecule has 0 saturated heterocycles. The van der Waals surface area contributed by atoms with Gasteiger partial charge in [-0.15, -0.1) is 11.3 Å². The zero-order valence-electron chi connectivity index (χ0n) is 17.2. The lowest BCUT2D eigenvalue weighted by Gasteiger charge is -2.17. The third-order valence-electron chi connectivity index (χ3n) is 4.14. The summed E-state index contributed by atoms with van der Waals surface area (Å²) in [5, 5.41) is 7.43. The van der Waals surface area contributed by atoms with Gasteiger partial charge in [-0.1, -0.05) is 19.1 Å². The average Bonchev–Trinajstić information content (AvgIpc) is 3.05. The van der Waals surface area contributed by atoms with Gasteiger partial charge in [0.25, 0.3) is 0 Å². The van der Waals surface area contributed by atoms with Crippen LogP contribution < -0.4 is 20.1 Å². The summed E-state index contributed by atoms with van der Waals surface area (Å²) in [6, 6.07) is 5.07. The summed E-state index contributed by atoms with van der Waals surface area (Å²) in [6.07, 6.45) is 1.72. The molecule has 0 amide bonds. The van der Waals surface area contributed by atoms with Gasteiger partial charge in [-0.05, 0) is 26.3 Å². The van der Waals surface area contributed by atoms with Crippen LogP contribution >= 0.6 is 11.3 Å². The first-order chi connectivity index (χ1) is 14.0. The molecule has 29 heavy (non-hydrogen) atoms. The molecule has 1 heterocycles. The van der Waals surface area contributed by atoms with E-state index in [1.54, 1.807) is 43.5 Å². The second-order valence-electron chi connectivity index (χ2n) is 6.12. The maximum atomic E-state index is 12.8. The van der Waals surface area contributed by atoms with Gasteiger partial charge in [0.2, 0.25) is 0 Å². The second-order valence-corrected chi connectivity index (χ2v) is 7.41. The summed E-state index contributed by atoms with van der Waals surface area (Å²) in [5.41, 5.74) is 1.70. The van der Waals surface area contributed by atoms with Crippen LogP contribution in [0.5, 0.6) is 11.5 Å². The van der Waals surface area contributed by atoms with E-state index in [2.05, 4.69) is 34.5 Å². The Kier molecular flexibility index (Phi) is 9.11. The Morgan fingerprint density at radius 1 is 1.28 bits per heavy atom. The van der Waals surface area contributed by atoms with Crippen molar-refractivity contribution in [1.82, 2.24) is 15.6 Å². The molecule has 0 saturated carbocycles. The highest BCUT2D eigenvalue weighted by Gasteiger charge is 2.16. The Morgan fingerprint density at radius 3 is 2.69 bits per heavy atom. The maximum Gasteiger partial charge on any atom is 0.387 e. The van der Waals surface area contributed by atoms with Gasteiger partial charge >= 0.3 is 6.61 Å². The predicted octanol–water partition coefficient (Wildman–Crippen LogP) is 3.92. The SMILES string of the molecule is CCOc1cccc(CNC(=NC)NCCc2nc(CC)c(C)s2)c1OC(F)F. The fourth-order valence-electron chi connectivity index (χ4n) is 2.80. The number of nitrogens with one attached hydrogen (secondary N) is 2. The molecule has 1 aromatic heterocycles. The van der Waals surface area contributed by atoms with Gasteiger partial charge < -0.3 is 20.1 Å². The number of halogens is 2. The van der Waals surface area contributed by atoms with Crippen LogP contribution in [0.1, 0.15) is 35.0 Å². The molecular weight excluding hydrogens is 398 g/mol. The van der Waals surface area contributed by atoms with Crippen LogP contribution in [0.4, 0.5) is 8.78 Å². The summed E-state index contributed by atoms with van der Waals surface area (Å²) in [6.45, 7) is 4.33. The van der Waals surface area contributed by atoms with Gasteiger partial charge in [-0.25, -0.2) is 4.98 Å².